The van der Waals surface area contributed by atoms with Crippen LogP contribution in [0, 0.1) is 5.82 Å². The number of rotatable bonds is 4. The lowest BCUT2D eigenvalue weighted by atomic mass is 10.2. The van der Waals surface area contributed by atoms with Gasteiger partial charge in [0, 0.05) is 24.2 Å². The molecule has 0 saturated carbocycles. The minimum absolute atomic E-state index is 0.277. The van der Waals surface area contributed by atoms with Gasteiger partial charge in [0.15, 0.2) is 0 Å². The summed E-state index contributed by atoms with van der Waals surface area (Å²) >= 11 is 6.08. The minimum atomic E-state index is -0.310. The summed E-state index contributed by atoms with van der Waals surface area (Å²) in [7, 11) is 0. The molecule has 2 aromatic carbocycles. The van der Waals surface area contributed by atoms with Crippen LogP contribution in [-0.4, -0.2) is 32.2 Å². The predicted molar refractivity (Wildman–Crippen MR) is 98.5 cm³/mol. The van der Waals surface area contributed by atoms with Crippen LogP contribution in [-0.2, 0) is 9.53 Å². The number of nitrogens with one attached hydrogen (secondary N) is 1. The molecule has 3 rings (SSSR count). The number of anilines is 2. The Balaban J connectivity index is 1.73. The Labute approximate surface area is 150 Å². The van der Waals surface area contributed by atoms with Gasteiger partial charge in [0.1, 0.15) is 5.82 Å². The van der Waals surface area contributed by atoms with Crippen molar-refractivity contribution in [3.05, 3.63) is 64.9 Å². The van der Waals surface area contributed by atoms with Crippen LogP contribution in [0.3, 0.4) is 0 Å². The number of morpholine rings is 1. The maximum atomic E-state index is 12.9. The number of carbonyl (C=O) groups excluding carboxylic acids is 1. The number of ether oxygens (including phenoxy) is 1. The zero-order valence-corrected chi connectivity index (χ0v) is 14.3. The zero-order chi connectivity index (χ0) is 17.6. The second-order valence-corrected chi connectivity index (χ2v) is 6.07. The molecule has 1 aliphatic heterocycles. The molecule has 0 aromatic heterocycles. The molecule has 1 heterocycles. The summed E-state index contributed by atoms with van der Waals surface area (Å²) < 4.78 is 18.3. The Kier molecular flexibility index (Phi) is 5.68. The maximum Gasteiger partial charge on any atom is 0.248 e. The third kappa shape index (κ3) is 4.81. The molecule has 2 aromatic rings. The van der Waals surface area contributed by atoms with Crippen molar-refractivity contribution in [2.24, 2.45) is 0 Å². The Morgan fingerprint density at radius 1 is 1.16 bits per heavy atom. The number of hydrogen-bond donors (Lipinski definition) is 1. The van der Waals surface area contributed by atoms with Gasteiger partial charge in [-0.2, -0.15) is 0 Å². The Hall–Kier alpha value is -2.37. The van der Waals surface area contributed by atoms with Crippen LogP contribution in [0.5, 0.6) is 0 Å². The number of amides is 1. The molecule has 0 radical (unpaired) electrons. The molecule has 1 saturated heterocycles. The van der Waals surface area contributed by atoms with Gasteiger partial charge >= 0.3 is 0 Å². The van der Waals surface area contributed by atoms with Crippen LogP contribution in [0.4, 0.5) is 15.8 Å². The van der Waals surface area contributed by atoms with Gasteiger partial charge < -0.3 is 15.0 Å². The van der Waals surface area contributed by atoms with E-state index in [4.69, 9.17) is 16.3 Å². The highest BCUT2D eigenvalue weighted by atomic mass is 35.5. The SMILES string of the molecule is O=C(C=Cc1ccc(F)cc1)Nc1cc(Cl)ccc1N1CCOCC1. The molecule has 1 amide bonds. The van der Waals surface area contributed by atoms with Crippen molar-refractivity contribution in [3.63, 3.8) is 0 Å². The summed E-state index contributed by atoms with van der Waals surface area (Å²) in [5, 5.41) is 3.41. The molecule has 130 valence electrons. The molecule has 0 atom stereocenters. The molecule has 1 N–H and O–H groups in total. The first-order chi connectivity index (χ1) is 12.1. The van der Waals surface area contributed by atoms with Crippen molar-refractivity contribution in [3.8, 4) is 0 Å². The largest absolute Gasteiger partial charge is 0.378 e. The third-order valence-corrected chi connectivity index (χ3v) is 4.10. The van der Waals surface area contributed by atoms with Gasteiger partial charge in [-0.15, -0.1) is 0 Å². The predicted octanol–water partition coefficient (Wildman–Crippen LogP) is 3.97. The zero-order valence-electron chi connectivity index (χ0n) is 13.5. The smallest absolute Gasteiger partial charge is 0.248 e. The molecule has 0 unspecified atom stereocenters. The summed E-state index contributed by atoms with van der Waals surface area (Å²) in [6, 6.07) is 11.4. The van der Waals surface area contributed by atoms with E-state index < -0.39 is 0 Å². The van der Waals surface area contributed by atoms with E-state index in [0.717, 1.165) is 24.3 Å². The van der Waals surface area contributed by atoms with Gasteiger partial charge in [-0.25, -0.2) is 4.39 Å². The number of hydrogen-bond acceptors (Lipinski definition) is 3. The van der Waals surface area contributed by atoms with E-state index in [1.54, 1.807) is 30.3 Å². The molecule has 4 nitrogen and oxygen atoms in total. The lowest BCUT2D eigenvalue weighted by Crippen LogP contribution is -2.36. The first-order valence-corrected chi connectivity index (χ1v) is 8.36. The van der Waals surface area contributed by atoms with Crippen LogP contribution in [0.15, 0.2) is 48.5 Å². The van der Waals surface area contributed by atoms with E-state index in [0.29, 0.717) is 23.9 Å². The molecule has 0 spiro atoms. The molecule has 6 heteroatoms. The first-order valence-electron chi connectivity index (χ1n) is 7.99. The lowest BCUT2D eigenvalue weighted by Gasteiger charge is -2.30. The summed E-state index contributed by atoms with van der Waals surface area (Å²) in [6.45, 7) is 2.83. The number of nitrogens with zero attached hydrogens (tertiary/aromatic N) is 1. The van der Waals surface area contributed by atoms with Crippen LogP contribution >= 0.6 is 11.6 Å². The number of halogens is 2. The molecule has 1 aliphatic rings. The van der Waals surface area contributed by atoms with Crippen molar-refractivity contribution >= 4 is 35.0 Å². The molecular formula is C19H18ClFN2O2. The van der Waals surface area contributed by atoms with Gasteiger partial charge in [-0.05, 0) is 42.0 Å². The van der Waals surface area contributed by atoms with Crippen LogP contribution in [0.2, 0.25) is 5.02 Å². The fourth-order valence-corrected chi connectivity index (χ4v) is 2.78. The standard InChI is InChI=1S/C19H18ClFN2O2/c20-15-4-7-18(23-9-11-25-12-10-23)17(13-15)22-19(24)8-3-14-1-5-16(21)6-2-14/h1-8,13H,9-12H2,(H,22,24). The van der Waals surface area contributed by atoms with Gasteiger partial charge in [0.25, 0.3) is 0 Å². The molecule has 0 aliphatic carbocycles. The molecule has 1 fully saturated rings. The minimum Gasteiger partial charge on any atom is -0.378 e. The third-order valence-electron chi connectivity index (χ3n) is 3.87. The summed E-state index contributed by atoms with van der Waals surface area (Å²) in [4.78, 5) is 14.4. The van der Waals surface area contributed by atoms with Gasteiger partial charge in [-0.3, -0.25) is 4.79 Å². The van der Waals surface area contributed by atoms with Gasteiger partial charge in [0.05, 0.1) is 24.6 Å². The van der Waals surface area contributed by atoms with Crippen LogP contribution in [0.1, 0.15) is 5.56 Å². The van der Waals surface area contributed by atoms with E-state index in [1.807, 2.05) is 6.07 Å². The number of benzene rings is 2. The normalized spacial score (nSPS) is 14.7. The average molecular weight is 361 g/mol. The van der Waals surface area contributed by atoms with Crippen molar-refractivity contribution in [1.82, 2.24) is 0 Å². The Morgan fingerprint density at radius 3 is 2.60 bits per heavy atom. The van der Waals surface area contributed by atoms with Crippen LogP contribution in [0.25, 0.3) is 6.08 Å². The fourth-order valence-electron chi connectivity index (χ4n) is 2.61. The van der Waals surface area contributed by atoms with Crippen LogP contribution < -0.4 is 10.2 Å². The average Bonchev–Trinajstić information content (AvgIpc) is 2.62. The summed E-state index contributed by atoms with van der Waals surface area (Å²) in [6.07, 6.45) is 3.05. The highest BCUT2D eigenvalue weighted by Gasteiger charge is 2.16. The summed E-state index contributed by atoms with van der Waals surface area (Å²) in [5.74, 6) is -0.586. The molecule has 25 heavy (non-hydrogen) atoms. The van der Waals surface area contributed by atoms with Crippen molar-refractivity contribution in [1.29, 1.82) is 0 Å². The molecule has 0 bridgehead atoms. The monoisotopic (exact) mass is 360 g/mol. The first kappa shape index (κ1) is 17.5. The highest BCUT2D eigenvalue weighted by molar-refractivity contribution is 6.31. The Bertz CT molecular complexity index is 771. The van der Waals surface area contributed by atoms with E-state index in [-0.39, 0.29) is 11.7 Å². The van der Waals surface area contributed by atoms with Crippen molar-refractivity contribution in [2.45, 2.75) is 0 Å². The number of carbonyl (C=O) groups is 1. The second-order valence-electron chi connectivity index (χ2n) is 5.64. The highest BCUT2D eigenvalue weighted by Crippen LogP contribution is 2.30. The fraction of sp³-hybridized carbons (Fsp3) is 0.211. The maximum absolute atomic E-state index is 12.9. The van der Waals surface area contributed by atoms with E-state index >= 15 is 0 Å². The molecular weight excluding hydrogens is 343 g/mol. The Morgan fingerprint density at radius 2 is 1.88 bits per heavy atom. The van der Waals surface area contributed by atoms with Gasteiger partial charge in [0.2, 0.25) is 5.91 Å². The van der Waals surface area contributed by atoms with E-state index in [2.05, 4.69) is 10.2 Å². The van der Waals surface area contributed by atoms with E-state index in [1.165, 1.54) is 18.2 Å². The lowest BCUT2D eigenvalue weighted by molar-refractivity contribution is -0.111. The second kappa shape index (κ2) is 8.14. The van der Waals surface area contributed by atoms with Gasteiger partial charge in [-0.1, -0.05) is 23.7 Å². The van der Waals surface area contributed by atoms with Crippen molar-refractivity contribution < 1.29 is 13.9 Å². The van der Waals surface area contributed by atoms with Crippen molar-refractivity contribution in [2.75, 3.05) is 36.5 Å². The van der Waals surface area contributed by atoms with E-state index in [9.17, 15) is 9.18 Å². The summed E-state index contributed by atoms with van der Waals surface area (Å²) in [5.41, 5.74) is 2.32. The topological polar surface area (TPSA) is 41.6 Å². The quantitative estimate of drug-likeness (QED) is 0.839.